The third-order valence-electron chi connectivity index (χ3n) is 10.6. The number of hydrogen-bond donors (Lipinski definition) is 0. The zero-order valence-corrected chi connectivity index (χ0v) is 31.5. The van der Waals surface area contributed by atoms with Crippen LogP contribution in [0, 0.1) is 0 Å². The van der Waals surface area contributed by atoms with Crippen LogP contribution >= 0.6 is 15.8 Å². The highest BCUT2D eigenvalue weighted by molar-refractivity contribution is 7.81. The fraction of sp³-hybridized carbons (Fsp3) is 0. The smallest absolute Gasteiger partial charge is 0.00720 e. The normalized spacial score (nSPS) is 11.7. The second-order valence-electron chi connectivity index (χ2n) is 13.7. The van der Waals surface area contributed by atoms with E-state index in [-0.39, 0.29) is 0 Å². The lowest BCUT2D eigenvalue weighted by atomic mass is 10.1. The van der Waals surface area contributed by atoms with Gasteiger partial charge in [-0.1, -0.05) is 218 Å². The zero-order chi connectivity index (χ0) is 35.8. The van der Waals surface area contributed by atoms with Crippen LogP contribution in [0.4, 0.5) is 0 Å². The fourth-order valence-electron chi connectivity index (χ4n) is 8.18. The summed E-state index contributed by atoms with van der Waals surface area (Å²) in [6.45, 7) is 0. The Kier molecular flexibility index (Phi) is 8.58. The molecule has 0 unspecified atom stereocenters. The minimum absolute atomic E-state index is 0.980. The molecule has 0 saturated carbocycles. The molecule has 10 rings (SSSR count). The van der Waals surface area contributed by atoms with Gasteiger partial charge in [0, 0.05) is 0 Å². The van der Waals surface area contributed by atoms with E-state index in [0.29, 0.717) is 0 Å². The molecule has 0 fully saturated rings. The van der Waals surface area contributed by atoms with E-state index in [1.807, 2.05) is 0 Å². The molecule has 0 heterocycles. The first kappa shape index (κ1) is 32.7. The topological polar surface area (TPSA) is 0 Å². The van der Waals surface area contributed by atoms with Crippen LogP contribution in [0.2, 0.25) is 0 Å². The first-order chi connectivity index (χ1) is 26.8. The fourth-order valence-corrected chi connectivity index (χ4v) is 13.8. The van der Waals surface area contributed by atoms with Gasteiger partial charge in [-0.15, -0.1) is 0 Å². The van der Waals surface area contributed by atoms with Crippen LogP contribution in [0.15, 0.2) is 218 Å². The van der Waals surface area contributed by atoms with Gasteiger partial charge in [-0.3, -0.25) is 0 Å². The lowest BCUT2D eigenvalue weighted by Gasteiger charge is -2.28. The summed E-state index contributed by atoms with van der Waals surface area (Å²) in [5.74, 6) is 0. The van der Waals surface area contributed by atoms with Crippen molar-refractivity contribution in [3.05, 3.63) is 218 Å². The Bertz CT molecular complexity index is 2600. The summed E-state index contributed by atoms with van der Waals surface area (Å²) in [4.78, 5) is 0. The van der Waals surface area contributed by atoms with Gasteiger partial charge in [0.15, 0.2) is 0 Å². The predicted molar refractivity (Wildman–Crippen MR) is 239 cm³/mol. The molecule has 0 radical (unpaired) electrons. The van der Waals surface area contributed by atoms with E-state index in [4.69, 9.17) is 0 Å². The van der Waals surface area contributed by atoms with Crippen LogP contribution in [0.1, 0.15) is 0 Å². The van der Waals surface area contributed by atoms with Gasteiger partial charge in [0.1, 0.15) is 0 Å². The van der Waals surface area contributed by atoms with Gasteiger partial charge in [-0.2, -0.15) is 0 Å². The van der Waals surface area contributed by atoms with Gasteiger partial charge in [-0.25, -0.2) is 0 Å². The van der Waals surface area contributed by atoms with Gasteiger partial charge in [0.05, 0.1) is 0 Å². The second-order valence-corrected chi connectivity index (χ2v) is 17.9. The van der Waals surface area contributed by atoms with Gasteiger partial charge in [-0.05, 0) is 102 Å². The van der Waals surface area contributed by atoms with E-state index in [1.54, 1.807) is 0 Å². The van der Waals surface area contributed by atoms with Gasteiger partial charge in [0.2, 0.25) is 0 Å². The van der Waals surface area contributed by atoms with Gasteiger partial charge >= 0.3 is 0 Å². The number of fused-ring (bicyclic) bond motifs is 4. The highest BCUT2D eigenvalue weighted by Crippen LogP contribution is 2.45. The molecule has 254 valence electrons. The summed E-state index contributed by atoms with van der Waals surface area (Å²) < 4.78 is 0. The standard InChI is InChI=1S/C52H36P2/c1-5-25-41-37(17-1)21-13-33-47(41)53(48-34-14-22-38-18-2-6-26-42(38)48)51-31-11-9-29-45(51)46-30-10-12-32-52(46)54(49-35-15-23-39-19-3-7-27-43(39)49)50-36-16-24-40-20-4-8-28-44(40)50/h1-36H. The minimum atomic E-state index is -0.980. The largest absolute Gasteiger partial charge is 0.0616 e. The van der Waals surface area contributed by atoms with Crippen molar-refractivity contribution in [1.29, 1.82) is 0 Å². The van der Waals surface area contributed by atoms with Crippen molar-refractivity contribution >= 4 is 90.8 Å². The zero-order valence-electron chi connectivity index (χ0n) is 29.7. The molecule has 0 nitrogen and oxygen atoms in total. The van der Waals surface area contributed by atoms with E-state index in [2.05, 4.69) is 218 Å². The SMILES string of the molecule is c1ccc(P(c2cccc3ccccc23)c2cccc3ccccc23)c(-c2ccccc2P(c2cccc3ccccc23)c2cccc3ccccc23)c1. The molecule has 0 bridgehead atoms. The van der Waals surface area contributed by atoms with E-state index in [1.165, 1.54) is 86.0 Å². The van der Waals surface area contributed by atoms with Crippen molar-refractivity contribution < 1.29 is 0 Å². The summed E-state index contributed by atoms with van der Waals surface area (Å²) in [6.07, 6.45) is 0. The molecule has 10 aromatic carbocycles. The van der Waals surface area contributed by atoms with E-state index in [9.17, 15) is 0 Å². The maximum atomic E-state index is 2.40. The molecular formula is C52H36P2. The van der Waals surface area contributed by atoms with Crippen LogP contribution in [-0.4, -0.2) is 0 Å². The van der Waals surface area contributed by atoms with Gasteiger partial charge < -0.3 is 0 Å². The van der Waals surface area contributed by atoms with Crippen molar-refractivity contribution in [3.8, 4) is 11.1 Å². The third kappa shape index (κ3) is 5.71. The first-order valence-electron chi connectivity index (χ1n) is 18.5. The summed E-state index contributed by atoms with van der Waals surface area (Å²) in [5.41, 5.74) is 2.60. The summed E-state index contributed by atoms with van der Waals surface area (Å²) in [6, 6.07) is 81.5. The molecule has 10 aromatic rings. The van der Waals surface area contributed by atoms with Crippen LogP contribution in [0.25, 0.3) is 54.2 Å². The highest BCUT2D eigenvalue weighted by atomic mass is 31.1. The Morgan fingerprint density at radius 3 is 0.722 bits per heavy atom. The highest BCUT2D eigenvalue weighted by Gasteiger charge is 2.28. The number of benzene rings is 10. The van der Waals surface area contributed by atoms with E-state index >= 15 is 0 Å². The molecule has 0 spiro atoms. The Labute approximate surface area is 318 Å². The molecular weight excluding hydrogens is 687 g/mol. The second kappa shape index (κ2) is 14.2. The molecule has 0 saturated heterocycles. The number of hydrogen-bond acceptors (Lipinski definition) is 0. The molecule has 0 aliphatic carbocycles. The molecule has 54 heavy (non-hydrogen) atoms. The monoisotopic (exact) mass is 722 g/mol. The molecule has 0 atom stereocenters. The number of rotatable bonds is 7. The van der Waals surface area contributed by atoms with Crippen molar-refractivity contribution in [2.45, 2.75) is 0 Å². The van der Waals surface area contributed by atoms with Crippen molar-refractivity contribution in [2.75, 3.05) is 0 Å². The molecule has 0 aromatic heterocycles. The molecule has 0 amide bonds. The Hall–Kier alpha value is -5.90. The molecule has 0 aliphatic rings. The maximum Gasteiger partial charge on any atom is -0.00720 e. The Morgan fingerprint density at radius 1 is 0.185 bits per heavy atom. The van der Waals surface area contributed by atoms with Crippen molar-refractivity contribution in [2.24, 2.45) is 0 Å². The van der Waals surface area contributed by atoms with Crippen LogP contribution in [0.5, 0.6) is 0 Å². The van der Waals surface area contributed by atoms with E-state index in [0.717, 1.165) is 0 Å². The van der Waals surface area contributed by atoms with Crippen LogP contribution in [-0.2, 0) is 0 Å². The molecule has 0 aliphatic heterocycles. The lowest BCUT2D eigenvalue weighted by molar-refractivity contribution is 1.68. The Morgan fingerprint density at radius 2 is 0.407 bits per heavy atom. The van der Waals surface area contributed by atoms with Crippen LogP contribution < -0.4 is 31.8 Å². The quantitative estimate of drug-likeness (QED) is 0.144. The summed E-state index contributed by atoms with van der Waals surface area (Å²) in [5, 5.41) is 18.6. The summed E-state index contributed by atoms with van der Waals surface area (Å²) in [7, 11) is -1.96. The lowest BCUT2D eigenvalue weighted by Crippen LogP contribution is -2.26. The minimum Gasteiger partial charge on any atom is -0.0616 e. The van der Waals surface area contributed by atoms with Crippen LogP contribution in [0.3, 0.4) is 0 Å². The predicted octanol–water partition coefficient (Wildman–Crippen LogP) is 11.5. The average molecular weight is 723 g/mol. The third-order valence-corrected chi connectivity index (χ3v) is 15.8. The average Bonchev–Trinajstić information content (AvgIpc) is 3.25. The van der Waals surface area contributed by atoms with Crippen molar-refractivity contribution in [1.82, 2.24) is 0 Å². The molecule has 2 heteroatoms. The first-order valence-corrected chi connectivity index (χ1v) is 21.2. The maximum absolute atomic E-state index is 2.40. The molecule has 0 N–H and O–H groups in total. The van der Waals surface area contributed by atoms with Gasteiger partial charge in [0.25, 0.3) is 0 Å². The van der Waals surface area contributed by atoms with E-state index < -0.39 is 15.8 Å². The summed E-state index contributed by atoms with van der Waals surface area (Å²) >= 11 is 0. The van der Waals surface area contributed by atoms with Crippen molar-refractivity contribution in [3.63, 3.8) is 0 Å². The Balaban J connectivity index is 1.28.